The van der Waals surface area contributed by atoms with Gasteiger partial charge in [-0.3, -0.25) is 9.69 Å². The van der Waals surface area contributed by atoms with Crippen molar-refractivity contribution in [3.05, 3.63) is 41.2 Å². The van der Waals surface area contributed by atoms with E-state index in [9.17, 15) is 9.18 Å². The normalized spacial score (nSPS) is 22.1. The third-order valence-corrected chi connectivity index (χ3v) is 4.97. The van der Waals surface area contributed by atoms with Crippen LogP contribution in [-0.2, 0) is 11.3 Å². The molecular formula is C16H17FN2O2S. The Morgan fingerprint density at radius 2 is 2.23 bits per heavy atom. The third-order valence-electron chi connectivity index (χ3n) is 4.05. The number of carbonyl (C=O) groups is 1. The summed E-state index contributed by atoms with van der Waals surface area (Å²) in [5.74, 6) is -1.18. The van der Waals surface area contributed by atoms with Gasteiger partial charge >= 0.3 is 5.97 Å². The summed E-state index contributed by atoms with van der Waals surface area (Å²) in [4.78, 5) is 17.7. The summed E-state index contributed by atoms with van der Waals surface area (Å²) >= 11 is 1.41. The fraction of sp³-hybridized carbons (Fsp3) is 0.375. The number of hydrogen-bond donors (Lipinski definition) is 1. The fourth-order valence-electron chi connectivity index (χ4n) is 2.88. The second-order valence-electron chi connectivity index (χ2n) is 5.74. The van der Waals surface area contributed by atoms with Gasteiger partial charge in [-0.2, -0.15) is 0 Å². The van der Waals surface area contributed by atoms with E-state index in [1.807, 2.05) is 12.3 Å². The number of likely N-dealkylation sites (tertiary alicyclic amines) is 1. The molecule has 0 spiro atoms. The number of halogens is 1. The molecule has 1 N–H and O–H groups in total. The molecule has 2 heterocycles. The predicted molar refractivity (Wildman–Crippen MR) is 83.1 cm³/mol. The van der Waals surface area contributed by atoms with Crippen LogP contribution in [0.3, 0.4) is 0 Å². The Bertz CT molecular complexity index is 688. The van der Waals surface area contributed by atoms with Crippen molar-refractivity contribution in [2.24, 2.45) is 11.8 Å². The Hall–Kier alpha value is -1.79. The van der Waals surface area contributed by atoms with E-state index in [1.165, 1.54) is 17.4 Å². The summed E-state index contributed by atoms with van der Waals surface area (Å²) < 4.78 is 13.8. The number of aliphatic carboxylic acids is 1. The Labute approximate surface area is 132 Å². The number of aromatic nitrogens is 1. The van der Waals surface area contributed by atoms with Gasteiger partial charge in [0.05, 0.1) is 11.6 Å². The molecule has 6 heteroatoms. The zero-order valence-corrected chi connectivity index (χ0v) is 13.0. The zero-order valence-electron chi connectivity index (χ0n) is 12.2. The molecule has 1 fully saturated rings. The average molecular weight is 320 g/mol. The van der Waals surface area contributed by atoms with Crippen LogP contribution in [-0.4, -0.2) is 34.0 Å². The van der Waals surface area contributed by atoms with Crippen molar-refractivity contribution in [1.29, 1.82) is 0 Å². The maximum absolute atomic E-state index is 13.8. The Morgan fingerprint density at radius 1 is 1.45 bits per heavy atom. The standard InChI is InChI=1S/C16H17FN2O2S/c1-10-6-19(8-13(10)16(20)21)7-11-9-22-15(18-11)12-4-2-3-5-14(12)17/h2-5,9-10,13H,6-8H2,1H3,(H,20,21)/t10-,13-/m1/s1. The minimum absolute atomic E-state index is 0.141. The third kappa shape index (κ3) is 3.03. The van der Waals surface area contributed by atoms with Gasteiger partial charge in [0.2, 0.25) is 0 Å². The molecule has 0 saturated carbocycles. The van der Waals surface area contributed by atoms with Gasteiger partial charge in [0, 0.05) is 30.6 Å². The monoisotopic (exact) mass is 320 g/mol. The van der Waals surface area contributed by atoms with Crippen molar-refractivity contribution >= 4 is 17.3 Å². The summed E-state index contributed by atoms with van der Waals surface area (Å²) in [5.41, 5.74) is 1.37. The van der Waals surface area contributed by atoms with Gasteiger partial charge in [-0.05, 0) is 18.1 Å². The van der Waals surface area contributed by atoms with Gasteiger partial charge in [-0.25, -0.2) is 9.37 Å². The van der Waals surface area contributed by atoms with Crippen LogP contribution in [0.4, 0.5) is 4.39 Å². The molecule has 0 amide bonds. The quantitative estimate of drug-likeness (QED) is 0.940. The number of carboxylic acid groups (broad SMARTS) is 1. The van der Waals surface area contributed by atoms with E-state index < -0.39 is 5.97 Å². The Morgan fingerprint density at radius 3 is 2.91 bits per heavy atom. The molecule has 2 aromatic rings. The molecule has 0 radical (unpaired) electrons. The first-order valence-electron chi connectivity index (χ1n) is 7.19. The van der Waals surface area contributed by atoms with E-state index in [4.69, 9.17) is 5.11 Å². The van der Waals surface area contributed by atoms with Crippen LogP contribution < -0.4 is 0 Å². The number of hydrogen-bond acceptors (Lipinski definition) is 4. The topological polar surface area (TPSA) is 53.4 Å². The first-order chi connectivity index (χ1) is 10.5. The number of thiazole rings is 1. The van der Waals surface area contributed by atoms with E-state index in [2.05, 4.69) is 9.88 Å². The van der Waals surface area contributed by atoms with Crippen LogP contribution in [0.25, 0.3) is 10.6 Å². The maximum Gasteiger partial charge on any atom is 0.308 e. The Kier molecular flexibility index (Phi) is 4.22. The molecule has 1 aliphatic heterocycles. The zero-order chi connectivity index (χ0) is 15.7. The van der Waals surface area contributed by atoms with Gasteiger partial charge in [0.25, 0.3) is 0 Å². The van der Waals surface area contributed by atoms with Crippen molar-refractivity contribution in [2.45, 2.75) is 13.5 Å². The molecule has 116 valence electrons. The lowest BCUT2D eigenvalue weighted by atomic mass is 9.99. The van der Waals surface area contributed by atoms with Crippen LogP contribution in [0.2, 0.25) is 0 Å². The van der Waals surface area contributed by atoms with E-state index in [0.717, 1.165) is 12.2 Å². The molecule has 3 rings (SSSR count). The highest BCUT2D eigenvalue weighted by atomic mass is 32.1. The lowest BCUT2D eigenvalue weighted by Gasteiger charge is -2.13. The molecular weight excluding hydrogens is 303 g/mol. The van der Waals surface area contributed by atoms with Crippen molar-refractivity contribution < 1.29 is 14.3 Å². The lowest BCUT2D eigenvalue weighted by molar-refractivity contribution is -0.142. The summed E-state index contributed by atoms with van der Waals surface area (Å²) in [7, 11) is 0. The molecule has 22 heavy (non-hydrogen) atoms. The number of carboxylic acids is 1. The smallest absolute Gasteiger partial charge is 0.308 e. The average Bonchev–Trinajstić information content (AvgIpc) is 3.07. The second kappa shape index (κ2) is 6.14. The highest BCUT2D eigenvalue weighted by molar-refractivity contribution is 7.13. The molecule has 2 atom stereocenters. The first kappa shape index (κ1) is 15.1. The lowest BCUT2D eigenvalue weighted by Crippen LogP contribution is -2.23. The largest absolute Gasteiger partial charge is 0.481 e. The molecule has 1 aliphatic rings. The van der Waals surface area contributed by atoms with Gasteiger partial charge in [-0.1, -0.05) is 19.1 Å². The molecule has 0 bridgehead atoms. The predicted octanol–water partition coefficient (Wildman–Crippen LogP) is 3.10. The van der Waals surface area contributed by atoms with Crippen LogP contribution in [0.1, 0.15) is 12.6 Å². The van der Waals surface area contributed by atoms with E-state index in [-0.39, 0.29) is 17.7 Å². The molecule has 1 aromatic carbocycles. The minimum atomic E-state index is -0.736. The van der Waals surface area contributed by atoms with Crippen LogP contribution >= 0.6 is 11.3 Å². The van der Waals surface area contributed by atoms with Crippen molar-refractivity contribution in [3.63, 3.8) is 0 Å². The van der Waals surface area contributed by atoms with Crippen molar-refractivity contribution in [2.75, 3.05) is 13.1 Å². The molecule has 0 unspecified atom stereocenters. The first-order valence-corrected chi connectivity index (χ1v) is 8.07. The maximum atomic E-state index is 13.8. The highest BCUT2D eigenvalue weighted by Crippen LogP contribution is 2.28. The molecule has 0 aliphatic carbocycles. The Balaban J connectivity index is 1.71. The van der Waals surface area contributed by atoms with Gasteiger partial charge in [-0.15, -0.1) is 11.3 Å². The molecule has 1 saturated heterocycles. The highest BCUT2D eigenvalue weighted by Gasteiger charge is 2.34. The van der Waals surface area contributed by atoms with E-state index in [1.54, 1.807) is 18.2 Å². The number of rotatable bonds is 4. The fourth-order valence-corrected chi connectivity index (χ4v) is 3.72. The summed E-state index contributed by atoms with van der Waals surface area (Å²) in [6.07, 6.45) is 0. The van der Waals surface area contributed by atoms with Crippen LogP contribution in [0.5, 0.6) is 0 Å². The van der Waals surface area contributed by atoms with Crippen molar-refractivity contribution in [3.8, 4) is 10.6 Å². The minimum Gasteiger partial charge on any atom is -0.481 e. The van der Waals surface area contributed by atoms with Crippen molar-refractivity contribution in [1.82, 2.24) is 9.88 Å². The SMILES string of the molecule is C[C@@H]1CN(Cc2csc(-c3ccccc3F)n2)C[C@H]1C(=O)O. The van der Waals surface area contributed by atoms with Gasteiger partial charge in [0.1, 0.15) is 10.8 Å². The molecule has 1 aromatic heterocycles. The summed E-state index contributed by atoms with van der Waals surface area (Å²) in [6.45, 7) is 3.87. The molecule has 4 nitrogen and oxygen atoms in total. The van der Waals surface area contributed by atoms with E-state index >= 15 is 0 Å². The van der Waals surface area contributed by atoms with Gasteiger partial charge in [0.15, 0.2) is 0 Å². The summed E-state index contributed by atoms with van der Waals surface area (Å²) in [6, 6.07) is 6.59. The van der Waals surface area contributed by atoms with E-state index in [0.29, 0.717) is 23.7 Å². The number of benzene rings is 1. The van der Waals surface area contributed by atoms with Crippen LogP contribution in [0.15, 0.2) is 29.6 Å². The van der Waals surface area contributed by atoms with Gasteiger partial charge < -0.3 is 5.11 Å². The summed E-state index contributed by atoms with van der Waals surface area (Å²) in [5, 5.41) is 11.7. The second-order valence-corrected chi connectivity index (χ2v) is 6.60. The number of nitrogens with zero attached hydrogens (tertiary/aromatic N) is 2. The van der Waals surface area contributed by atoms with Crippen LogP contribution in [0, 0.1) is 17.7 Å².